The van der Waals surface area contributed by atoms with E-state index >= 15 is 0 Å². The van der Waals surface area contributed by atoms with E-state index in [4.69, 9.17) is 14.7 Å². The van der Waals surface area contributed by atoms with E-state index in [0.717, 1.165) is 23.5 Å². The maximum Gasteiger partial charge on any atom is 0.260 e. The van der Waals surface area contributed by atoms with Crippen LogP contribution in [0.1, 0.15) is 36.3 Å². The Kier molecular flexibility index (Phi) is 6.01. The van der Waals surface area contributed by atoms with E-state index < -0.39 is 5.82 Å². The number of amides is 2. The van der Waals surface area contributed by atoms with Crippen LogP contribution >= 0.6 is 0 Å². The molecule has 0 saturated carbocycles. The molecule has 1 aromatic carbocycles. The number of likely N-dealkylation sites (tertiary alicyclic amines) is 1. The Balaban J connectivity index is 1.42. The van der Waals surface area contributed by atoms with Crippen molar-refractivity contribution in [1.82, 2.24) is 19.8 Å². The number of fused-ring (bicyclic) bond motifs is 1. The Morgan fingerprint density at radius 2 is 2.03 bits per heavy atom. The molecule has 164 valence electrons. The van der Waals surface area contributed by atoms with Crippen molar-refractivity contribution in [3.63, 3.8) is 0 Å². The first kappa shape index (κ1) is 21.0. The topological polar surface area (TPSA) is 87.7 Å². The lowest BCUT2D eigenvalue weighted by Crippen LogP contribution is -2.36. The average Bonchev–Trinajstić information content (AvgIpc) is 3.27. The van der Waals surface area contributed by atoms with E-state index in [0.29, 0.717) is 38.4 Å². The van der Waals surface area contributed by atoms with Gasteiger partial charge in [0.15, 0.2) is 18.2 Å². The summed E-state index contributed by atoms with van der Waals surface area (Å²) in [5, 5.41) is 3.13. The molecule has 2 aliphatic heterocycles. The number of anilines is 1. The van der Waals surface area contributed by atoms with Crippen molar-refractivity contribution in [2.24, 2.45) is 0 Å². The smallest absolute Gasteiger partial charge is 0.260 e. The standard InChI is InChI=1S/C22H26FN5O3/c1-14(29)27-10-8-18-16(12-27)22(24-2)26-21(25-18)15-7-9-28(11-15)20(30)13-31-19-6-4-3-5-17(19)23/h3-6,15H,7-13H2,1-2H3,(H,24,25,26)/t15-/m1/s1. The predicted octanol–water partition coefficient (Wildman–Crippen LogP) is 1.96. The van der Waals surface area contributed by atoms with Gasteiger partial charge in [-0.25, -0.2) is 14.4 Å². The third-order valence-corrected chi connectivity index (χ3v) is 5.85. The third-order valence-electron chi connectivity index (χ3n) is 5.85. The van der Waals surface area contributed by atoms with Gasteiger partial charge in [-0.3, -0.25) is 9.59 Å². The number of halogens is 1. The van der Waals surface area contributed by atoms with Crippen LogP contribution in [0.2, 0.25) is 0 Å². The Bertz CT molecular complexity index is 982. The summed E-state index contributed by atoms with van der Waals surface area (Å²) in [7, 11) is 1.81. The second-order valence-electron chi connectivity index (χ2n) is 7.84. The van der Waals surface area contributed by atoms with Gasteiger partial charge < -0.3 is 19.9 Å². The number of nitrogens with zero attached hydrogens (tertiary/aromatic N) is 4. The van der Waals surface area contributed by atoms with E-state index in [-0.39, 0.29) is 30.1 Å². The maximum atomic E-state index is 13.7. The quantitative estimate of drug-likeness (QED) is 0.785. The Labute approximate surface area is 180 Å². The third kappa shape index (κ3) is 4.45. The fourth-order valence-electron chi connectivity index (χ4n) is 4.08. The van der Waals surface area contributed by atoms with E-state index in [9.17, 15) is 14.0 Å². The molecule has 0 spiro atoms. The highest BCUT2D eigenvalue weighted by molar-refractivity contribution is 5.78. The van der Waals surface area contributed by atoms with Gasteiger partial charge in [0.2, 0.25) is 5.91 Å². The summed E-state index contributed by atoms with van der Waals surface area (Å²) < 4.78 is 19.0. The minimum atomic E-state index is -0.486. The van der Waals surface area contributed by atoms with Gasteiger partial charge in [-0.05, 0) is 18.6 Å². The lowest BCUT2D eigenvalue weighted by Gasteiger charge is -2.29. The maximum absolute atomic E-state index is 13.7. The molecule has 9 heteroatoms. The number of carbonyl (C=O) groups is 2. The van der Waals surface area contributed by atoms with Gasteiger partial charge >= 0.3 is 0 Å². The molecule has 3 heterocycles. The summed E-state index contributed by atoms with van der Waals surface area (Å²) in [6.07, 6.45) is 1.44. The fraction of sp³-hybridized carbons (Fsp3) is 0.455. The number of hydrogen-bond acceptors (Lipinski definition) is 6. The van der Waals surface area contributed by atoms with Crippen molar-refractivity contribution >= 4 is 17.6 Å². The summed E-state index contributed by atoms with van der Waals surface area (Å²) in [5.41, 5.74) is 1.91. The number of hydrogen-bond donors (Lipinski definition) is 1. The molecule has 8 nitrogen and oxygen atoms in total. The molecule has 1 aromatic heterocycles. The molecule has 2 aromatic rings. The minimum Gasteiger partial charge on any atom is -0.481 e. The van der Waals surface area contributed by atoms with Crippen molar-refractivity contribution in [2.75, 3.05) is 38.6 Å². The number of rotatable bonds is 5. The van der Waals surface area contributed by atoms with Crippen LogP contribution < -0.4 is 10.1 Å². The van der Waals surface area contributed by atoms with Gasteiger partial charge in [-0.1, -0.05) is 12.1 Å². The summed E-state index contributed by atoms with van der Waals surface area (Å²) in [6, 6.07) is 6.04. The van der Waals surface area contributed by atoms with Crippen LogP contribution in [0, 0.1) is 5.82 Å². The fourth-order valence-corrected chi connectivity index (χ4v) is 4.08. The molecule has 0 bridgehead atoms. The van der Waals surface area contributed by atoms with E-state index in [1.807, 2.05) is 7.05 Å². The largest absolute Gasteiger partial charge is 0.481 e. The van der Waals surface area contributed by atoms with Gasteiger partial charge in [0.1, 0.15) is 11.6 Å². The molecule has 1 N–H and O–H groups in total. The molecule has 2 amide bonds. The zero-order valence-electron chi connectivity index (χ0n) is 17.7. The highest BCUT2D eigenvalue weighted by Crippen LogP contribution is 2.30. The predicted molar refractivity (Wildman–Crippen MR) is 112 cm³/mol. The van der Waals surface area contributed by atoms with Crippen LogP contribution in [-0.2, 0) is 22.6 Å². The molecule has 1 saturated heterocycles. The van der Waals surface area contributed by atoms with Gasteiger partial charge in [0.25, 0.3) is 5.91 Å². The van der Waals surface area contributed by atoms with E-state index in [1.54, 1.807) is 28.9 Å². The van der Waals surface area contributed by atoms with E-state index in [1.165, 1.54) is 12.1 Å². The summed E-state index contributed by atoms with van der Waals surface area (Å²) >= 11 is 0. The van der Waals surface area contributed by atoms with Crippen molar-refractivity contribution in [3.8, 4) is 5.75 Å². The average molecular weight is 427 g/mol. The molecule has 2 aliphatic rings. The van der Waals surface area contributed by atoms with Gasteiger partial charge in [-0.2, -0.15) is 0 Å². The SMILES string of the molecule is CNc1nc([C@@H]2CCN(C(=O)COc3ccccc3F)C2)nc2c1CN(C(C)=O)CC2. The van der Waals surface area contributed by atoms with Crippen LogP contribution in [0.3, 0.4) is 0 Å². The highest BCUT2D eigenvalue weighted by Gasteiger charge is 2.31. The number of benzene rings is 1. The first-order chi connectivity index (χ1) is 15.0. The Morgan fingerprint density at radius 3 is 2.77 bits per heavy atom. The normalized spacial score (nSPS) is 18.0. The van der Waals surface area contributed by atoms with Crippen LogP contribution in [0.25, 0.3) is 0 Å². The summed E-state index contributed by atoms with van der Waals surface area (Å²) in [4.78, 5) is 37.3. The number of nitrogens with one attached hydrogen (secondary N) is 1. The van der Waals surface area contributed by atoms with Gasteiger partial charge in [-0.15, -0.1) is 0 Å². The van der Waals surface area contributed by atoms with Crippen molar-refractivity contribution in [3.05, 3.63) is 47.2 Å². The summed E-state index contributed by atoms with van der Waals surface area (Å²) in [6.45, 7) is 3.59. The molecule has 0 aliphatic carbocycles. The molecule has 4 rings (SSSR count). The van der Waals surface area contributed by atoms with Crippen LogP contribution in [0.4, 0.5) is 10.2 Å². The minimum absolute atomic E-state index is 0.0284. The Hall–Kier alpha value is -3.23. The second-order valence-corrected chi connectivity index (χ2v) is 7.84. The lowest BCUT2D eigenvalue weighted by molar-refractivity contribution is -0.132. The van der Waals surface area contributed by atoms with Crippen LogP contribution in [0.5, 0.6) is 5.75 Å². The van der Waals surface area contributed by atoms with Gasteiger partial charge in [0, 0.05) is 51.5 Å². The second kappa shape index (κ2) is 8.87. The van der Waals surface area contributed by atoms with Crippen LogP contribution in [-0.4, -0.2) is 64.9 Å². The Morgan fingerprint density at radius 1 is 1.23 bits per heavy atom. The zero-order chi connectivity index (χ0) is 22.0. The zero-order valence-corrected chi connectivity index (χ0v) is 17.7. The van der Waals surface area contributed by atoms with Crippen molar-refractivity contribution in [2.45, 2.75) is 32.2 Å². The van der Waals surface area contributed by atoms with Crippen LogP contribution in [0.15, 0.2) is 24.3 Å². The number of ether oxygens (including phenoxy) is 1. The van der Waals surface area contributed by atoms with Gasteiger partial charge in [0.05, 0.1) is 12.2 Å². The molecule has 0 unspecified atom stereocenters. The molecular formula is C22H26FN5O3. The molecule has 1 fully saturated rings. The molecular weight excluding hydrogens is 401 g/mol. The first-order valence-electron chi connectivity index (χ1n) is 10.4. The van der Waals surface area contributed by atoms with E-state index in [2.05, 4.69) is 5.32 Å². The first-order valence-corrected chi connectivity index (χ1v) is 10.4. The lowest BCUT2D eigenvalue weighted by atomic mass is 10.0. The van der Waals surface area contributed by atoms with Crippen molar-refractivity contribution in [1.29, 1.82) is 0 Å². The number of aromatic nitrogens is 2. The highest BCUT2D eigenvalue weighted by atomic mass is 19.1. The number of carbonyl (C=O) groups excluding carboxylic acids is 2. The molecule has 0 radical (unpaired) electrons. The monoisotopic (exact) mass is 427 g/mol. The molecule has 1 atom stereocenters. The summed E-state index contributed by atoms with van der Waals surface area (Å²) in [5.74, 6) is 0.917. The number of para-hydroxylation sites is 1. The molecule has 31 heavy (non-hydrogen) atoms. The van der Waals surface area contributed by atoms with Crippen molar-refractivity contribution < 1.29 is 18.7 Å².